The average Bonchev–Trinajstić information content (AvgIpc) is 2.90. The number of benzene rings is 1. The molecule has 0 aliphatic carbocycles. The number of nitrogens with one attached hydrogen (secondary N) is 1. The Labute approximate surface area is 127 Å². The molecule has 1 fully saturated rings. The predicted octanol–water partition coefficient (Wildman–Crippen LogP) is 3.05. The summed E-state index contributed by atoms with van der Waals surface area (Å²) in [5.74, 6) is 0.988. The zero-order valence-corrected chi connectivity index (χ0v) is 12.6. The maximum Gasteiger partial charge on any atom is 0.271 e. The van der Waals surface area contributed by atoms with Gasteiger partial charge in [-0.05, 0) is 32.0 Å². The minimum atomic E-state index is -0.385. The second-order valence-corrected chi connectivity index (χ2v) is 6.33. The number of fused-ring (bicyclic) bond motifs is 1. The highest BCUT2D eigenvalue weighted by atomic mass is 32.2. The van der Waals surface area contributed by atoms with Crippen LogP contribution in [0.1, 0.15) is 19.3 Å². The van der Waals surface area contributed by atoms with Crippen LogP contribution in [0.2, 0.25) is 0 Å². The summed E-state index contributed by atoms with van der Waals surface area (Å²) >= 11 is 1.68. The van der Waals surface area contributed by atoms with E-state index in [0.717, 1.165) is 28.5 Å². The standard InChI is InChI=1S/C14H18N4O2S/c19-18(20)11-4-5-12-13(10-11)16-14(15-12)21-9-8-17-6-2-1-3-7-17/h4-5,10H,1-3,6-9H2,(H,15,16). The number of aromatic nitrogens is 2. The van der Waals surface area contributed by atoms with Crippen LogP contribution in [-0.2, 0) is 0 Å². The van der Waals surface area contributed by atoms with E-state index in [4.69, 9.17) is 0 Å². The Bertz CT molecular complexity index is 637. The highest BCUT2D eigenvalue weighted by molar-refractivity contribution is 7.99. The lowest BCUT2D eigenvalue weighted by Crippen LogP contribution is -2.31. The summed E-state index contributed by atoms with van der Waals surface area (Å²) in [7, 11) is 0. The van der Waals surface area contributed by atoms with Crippen molar-refractivity contribution in [2.75, 3.05) is 25.4 Å². The van der Waals surface area contributed by atoms with Gasteiger partial charge >= 0.3 is 0 Å². The van der Waals surface area contributed by atoms with Gasteiger partial charge in [-0.3, -0.25) is 10.1 Å². The molecule has 3 rings (SSSR count). The summed E-state index contributed by atoms with van der Waals surface area (Å²) in [5.41, 5.74) is 1.60. The van der Waals surface area contributed by atoms with E-state index in [0.29, 0.717) is 0 Å². The molecule has 1 saturated heterocycles. The van der Waals surface area contributed by atoms with E-state index in [2.05, 4.69) is 14.9 Å². The molecule has 7 heteroatoms. The van der Waals surface area contributed by atoms with Crippen molar-refractivity contribution in [3.63, 3.8) is 0 Å². The van der Waals surface area contributed by atoms with Gasteiger partial charge in [-0.2, -0.15) is 0 Å². The maximum atomic E-state index is 10.8. The highest BCUT2D eigenvalue weighted by Gasteiger charge is 2.12. The first-order valence-electron chi connectivity index (χ1n) is 7.22. The fourth-order valence-electron chi connectivity index (χ4n) is 2.61. The van der Waals surface area contributed by atoms with E-state index < -0.39 is 0 Å². The number of rotatable bonds is 5. The maximum absolute atomic E-state index is 10.8. The third kappa shape index (κ3) is 3.54. The monoisotopic (exact) mass is 306 g/mol. The van der Waals surface area contributed by atoms with Crippen LogP contribution >= 0.6 is 11.8 Å². The summed E-state index contributed by atoms with van der Waals surface area (Å²) in [6.07, 6.45) is 3.96. The normalized spacial score (nSPS) is 16.4. The van der Waals surface area contributed by atoms with Gasteiger partial charge in [0, 0.05) is 24.4 Å². The van der Waals surface area contributed by atoms with E-state index in [9.17, 15) is 10.1 Å². The molecule has 1 aromatic carbocycles. The molecule has 0 unspecified atom stereocenters. The number of aromatic amines is 1. The molecule has 0 radical (unpaired) electrons. The first kappa shape index (κ1) is 14.3. The second-order valence-electron chi connectivity index (χ2n) is 5.25. The number of piperidine rings is 1. The lowest BCUT2D eigenvalue weighted by Gasteiger charge is -2.25. The molecule has 0 bridgehead atoms. The van der Waals surface area contributed by atoms with Crippen molar-refractivity contribution >= 4 is 28.5 Å². The molecule has 2 aromatic rings. The van der Waals surface area contributed by atoms with Crippen molar-refractivity contribution < 1.29 is 4.92 Å². The predicted molar refractivity (Wildman–Crippen MR) is 83.8 cm³/mol. The number of non-ortho nitro benzene ring substituents is 1. The Kier molecular flexibility index (Phi) is 4.40. The average molecular weight is 306 g/mol. The lowest BCUT2D eigenvalue weighted by molar-refractivity contribution is -0.384. The van der Waals surface area contributed by atoms with E-state index in [1.54, 1.807) is 17.8 Å². The van der Waals surface area contributed by atoms with Gasteiger partial charge in [0.1, 0.15) is 0 Å². The third-order valence-electron chi connectivity index (χ3n) is 3.75. The van der Waals surface area contributed by atoms with Crippen LogP contribution in [0, 0.1) is 10.1 Å². The summed E-state index contributed by atoms with van der Waals surface area (Å²) < 4.78 is 0. The van der Waals surface area contributed by atoms with Crippen molar-refractivity contribution in [2.24, 2.45) is 0 Å². The molecule has 1 aliphatic heterocycles. The number of nitrogens with zero attached hydrogens (tertiary/aromatic N) is 3. The lowest BCUT2D eigenvalue weighted by atomic mass is 10.1. The first-order valence-corrected chi connectivity index (χ1v) is 8.20. The van der Waals surface area contributed by atoms with Crippen molar-refractivity contribution in [3.05, 3.63) is 28.3 Å². The van der Waals surface area contributed by atoms with E-state index in [1.165, 1.54) is 44.5 Å². The number of hydrogen-bond acceptors (Lipinski definition) is 5. The van der Waals surface area contributed by atoms with Crippen LogP contribution in [-0.4, -0.2) is 45.2 Å². The summed E-state index contributed by atoms with van der Waals surface area (Å²) in [4.78, 5) is 20.5. The molecule has 2 heterocycles. The minimum absolute atomic E-state index is 0.0935. The van der Waals surface area contributed by atoms with Crippen LogP contribution in [0.25, 0.3) is 11.0 Å². The topological polar surface area (TPSA) is 75.1 Å². The van der Waals surface area contributed by atoms with E-state index in [-0.39, 0.29) is 10.6 Å². The van der Waals surface area contributed by atoms with E-state index >= 15 is 0 Å². The van der Waals surface area contributed by atoms with Crippen LogP contribution in [0.5, 0.6) is 0 Å². The second kappa shape index (κ2) is 6.44. The molecule has 0 saturated carbocycles. The fraction of sp³-hybridized carbons (Fsp3) is 0.500. The fourth-order valence-corrected chi connectivity index (χ4v) is 3.50. The number of H-pyrrole nitrogens is 1. The molecule has 6 nitrogen and oxygen atoms in total. The molecule has 0 atom stereocenters. The number of likely N-dealkylation sites (tertiary alicyclic amines) is 1. The molecule has 0 amide bonds. The molecular formula is C14H18N4O2S. The molecule has 112 valence electrons. The van der Waals surface area contributed by atoms with Crippen LogP contribution < -0.4 is 0 Å². The van der Waals surface area contributed by atoms with Crippen molar-refractivity contribution in [1.82, 2.24) is 14.9 Å². The number of nitro groups is 1. The zero-order valence-electron chi connectivity index (χ0n) is 11.7. The molecule has 0 spiro atoms. The van der Waals surface area contributed by atoms with Crippen molar-refractivity contribution in [3.8, 4) is 0 Å². The Morgan fingerprint density at radius 2 is 2.14 bits per heavy atom. The Morgan fingerprint density at radius 1 is 1.33 bits per heavy atom. The minimum Gasteiger partial charge on any atom is -0.333 e. The van der Waals surface area contributed by atoms with Crippen molar-refractivity contribution in [1.29, 1.82) is 0 Å². The van der Waals surface area contributed by atoms with Gasteiger partial charge in [0.2, 0.25) is 0 Å². The Hall–Kier alpha value is -1.60. The molecular weight excluding hydrogens is 288 g/mol. The number of nitro benzene ring substituents is 1. The van der Waals surface area contributed by atoms with E-state index in [1.807, 2.05) is 0 Å². The largest absolute Gasteiger partial charge is 0.333 e. The van der Waals surface area contributed by atoms with Gasteiger partial charge in [-0.15, -0.1) is 0 Å². The van der Waals surface area contributed by atoms with Gasteiger partial charge in [0.15, 0.2) is 5.16 Å². The number of hydrogen-bond donors (Lipinski definition) is 1. The van der Waals surface area contributed by atoms with Crippen LogP contribution in [0.3, 0.4) is 0 Å². The Balaban J connectivity index is 1.60. The van der Waals surface area contributed by atoms with Crippen LogP contribution in [0.15, 0.2) is 23.4 Å². The SMILES string of the molecule is O=[N+]([O-])c1ccc2nc(SCCN3CCCCC3)[nH]c2c1. The summed E-state index contributed by atoms with van der Waals surface area (Å²) in [6, 6.07) is 4.72. The van der Waals surface area contributed by atoms with Gasteiger partial charge in [0.05, 0.1) is 16.0 Å². The quantitative estimate of drug-likeness (QED) is 0.522. The third-order valence-corrected chi connectivity index (χ3v) is 4.60. The molecule has 1 aromatic heterocycles. The van der Waals surface area contributed by atoms with Gasteiger partial charge in [0.25, 0.3) is 5.69 Å². The van der Waals surface area contributed by atoms with Crippen molar-refractivity contribution in [2.45, 2.75) is 24.4 Å². The highest BCUT2D eigenvalue weighted by Crippen LogP contribution is 2.23. The Morgan fingerprint density at radius 3 is 2.90 bits per heavy atom. The smallest absolute Gasteiger partial charge is 0.271 e. The molecule has 21 heavy (non-hydrogen) atoms. The zero-order chi connectivity index (χ0) is 14.7. The van der Waals surface area contributed by atoms with Gasteiger partial charge in [-0.1, -0.05) is 18.2 Å². The number of thioether (sulfide) groups is 1. The summed E-state index contributed by atoms with van der Waals surface area (Å²) in [6.45, 7) is 3.47. The van der Waals surface area contributed by atoms with Crippen LogP contribution in [0.4, 0.5) is 5.69 Å². The molecule has 1 aliphatic rings. The van der Waals surface area contributed by atoms with Gasteiger partial charge in [-0.25, -0.2) is 4.98 Å². The summed E-state index contributed by atoms with van der Waals surface area (Å²) in [5, 5.41) is 11.6. The van der Waals surface area contributed by atoms with Gasteiger partial charge < -0.3 is 9.88 Å². The first-order chi connectivity index (χ1) is 10.2. The number of imidazole rings is 1. The molecule has 1 N–H and O–H groups in total.